The Hall–Kier alpha value is -2.34. The highest BCUT2D eigenvalue weighted by atomic mass is 32.1. The average Bonchev–Trinajstić information content (AvgIpc) is 2.89. The lowest BCUT2D eigenvalue weighted by Gasteiger charge is -2.20. The molecule has 2 N–H and O–H groups in total. The molecule has 2 heterocycles. The fourth-order valence-electron chi connectivity index (χ4n) is 1.75. The first-order valence-electron chi connectivity index (χ1n) is 5.60. The second-order valence-corrected chi connectivity index (χ2v) is 4.84. The third-order valence-electron chi connectivity index (χ3n) is 2.66. The van der Waals surface area contributed by atoms with E-state index in [1.54, 1.807) is 24.3 Å². The van der Waals surface area contributed by atoms with E-state index in [0.717, 1.165) is 22.5 Å². The normalized spacial score (nSPS) is 17.1. The second-order valence-electron chi connectivity index (χ2n) is 3.94. The first kappa shape index (κ1) is 11.7. The molecule has 1 unspecified atom stereocenters. The number of aliphatic imine (C=N–C) groups is 1. The molecule has 0 radical (unpaired) electrons. The van der Waals surface area contributed by atoms with Crippen molar-refractivity contribution >= 4 is 34.3 Å². The zero-order chi connectivity index (χ0) is 13.2. The Morgan fingerprint density at radius 2 is 2.11 bits per heavy atom. The van der Waals surface area contributed by atoms with Gasteiger partial charge in [-0.15, -0.1) is 11.3 Å². The number of ether oxygens (including phenoxy) is 1. The molecule has 6 heteroatoms. The van der Waals surface area contributed by atoms with E-state index in [-0.39, 0.29) is 11.8 Å². The molecule has 0 spiro atoms. The second kappa shape index (κ2) is 4.74. The Morgan fingerprint density at radius 3 is 2.84 bits per heavy atom. The minimum atomic E-state index is -0.627. The quantitative estimate of drug-likeness (QED) is 0.652. The van der Waals surface area contributed by atoms with Gasteiger partial charge in [-0.3, -0.25) is 4.79 Å². The third kappa shape index (κ3) is 2.30. The molecule has 2 aromatic rings. The number of hydrogen-bond acceptors (Lipinski definition) is 6. The van der Waals surface area contributed by atoms with Gasteiger partial charge in [0.15, 0.2) is 12.4 Å². The van der Waals surface area contributed by atoms with Crippen molar-refractivity contribution in [2.75, 3.05) is 5.32 Å². The molecule has 96 valence electrons. The van der Waals surface area contributed by atoms with Gasteiger partial charge in [0.1, 0.15) is 10.8 Å². The number of fused-ring (bicyclic) bond motifs is 1. The van der Waals surface area contributed by atoms with Crippen molar-refractivity contribution in [1.82, 2.24) is 0 Å². The summed E-state index contributed by atoms with van der Waals surface area (Å²) in [5.41, 5.74) is 1.51. The highest BCUT2D eigenvalue weighted by Crippen LogP contribution is 2.36. The van der Waals surface area contributed by atoms with Gasteiger partial charge in [0.05, 0.1) is 0 Å². The number of thiophene rings is 1. The summed E-state index contributed by atoms with van der Waals surface area (Å²) in [5.74, 6) is 0.184. The van der Waals surface area contributed by atoms with Crippen molar-refractivity contribution in [2.45, 2.75) is 6.10 Å². The van der Waals surface area contributed by atoms with Crippen LogP contribution in [0.1, 0.15) is 11.7 Å². The number of rotatable bonds is 2. The predicted octanol–water partition coefficient (Wildman–Crippen LogP) is 2.82. The van der Waals surface area contributed by atoms with Gasteiger partial charge in [0, 0.05) is 11.3 Å². The number of aldehydes is 1. The van der Waals surface area contributed by atoms with E-state index in [1.807, 2.05) is 11.4 Å². The summed E-state index contributed by atoms with van der Waals surface area (Å²) in [5, 5.41) is 14.8. The molecule has 1 aliphatic rings. The van der Waals surface area contributed by atoms with E-state index in [0.29, 0.717) is 0 Å². The molecule has 1 aromatic heterocycles. The van der Waals surface area contributed by atoms with E-state index in [4.69, 9.17) is 4.74 Å². The minimum Gasteiger partial charge on any atom is -0.508 e. The maximum atomic E-state index is 11.0. The molecule has 0 saturated carbocycles. The van der Waals surface area contributed by atoms with E-state index < -0.39 is 6.10 Å². The Bertz CT molecular complexity index is 634. The molecule has 0 saturated heterocycles. The summed E-state index contributed by atoms with van der Waals surface area (Å²) in [6.45, 7) is 0. The van der Waals surface area contributed by atoms with Crippen LogP contribution < -0.4 is 5.32 Å². The largest absolute Gasteiger partial charge is 0.508 e. The van der Waals surface area contributed by atoms with E-state index in [2.05, 4.69) is 10.3 Å². The summed E-state index contributed by atoms with van der Waals surface area (Å²) in [4.78, 5) is 15.3. The number of carbonyl (C=O) groups excluding carboxylic acids is 1. The highest BCUT2D eigenvalue weighted by Gasteiger charge is 2.24. The number of hydrogen-bond donors (Lipinski definition) is 2. The first-order chi connectivity index (χ1) is 9.26. The van der Waals surface area contributed by atoms with Crippen LogP contribution in [0.5, 0.6) is 5.75 Å². The molecule has 0 bridgehead atoms. The van der Waals surface area contributed by atoms with Gasteiger partial charge >= 0.3 is 0 Å². The molecule has 0 fully saturated rings. The number of amidine groups is 1. The average molecular weight is 274 g/mol. The lowest BCUT2D eigenvalue weighted by molar-refractivity contribution is -0.114. The first-order valence-corrected chi connectivity index (χ1v) is 6.48. The van der Waals surface area contributed by atoms with Gasteiger partial charge in [0.2, 0.25) is 0 Å². The third-order valence-corrected chi connectivity index (χ3v) is 3.49. The molecule has 3 rings (SSSR count). The molecule has 1 aromatic carbocycles. The maximum absolute atomic E-state index is 11.0. The number of anilines is 1. The van der Waals surface area contributed by atoms with E-state index in [9.17, 15) is 9.90 Å². The Kier molecular flexibility index (Phi) is 2.92. The van der Waals surface area contributed by atoms with Crippen LogP contribution in [0.3, 0.4) is 0 Å². The molecule has 0 amide bonds. The minimum absolute atomic E-state index is 0.184. The SMILES string of the molecule is O=CC1OC(Nc2ccc(O)cc2)=Nc2sccc21. The number of phenols is 1. The zero-order valence-corrected chi connectivity index (χ0v) is 10.6. The summed E-state index contributed by atoms with van der Waals surface area (Å²) < 4.78 is 5.47. The Balaban J connectivity index is 1.86. The van der Waals surface area contributed by atoms with Crippen LogP contribution in [-0.4, -0.2) is 17.4 Å². The fourth-order valence-corrected chi connectivity index (χ4v) is 2.55. The molecule has 19 heavy (non-hydrogen) atoms. The van der Waals surface area contributed by atoms with Crippen LogP contribution >= 0.6 is 11.3 Å². The van der Waals surface area contributed by atoms with Gasteiger partial charge in [-0.2, -0.15) is 4.99 Å². The number of benzene rings is 1. The maximum Gasteiger partial charge on any atom is 0.296 e. The van der Waals surface area contributed by atoms with Crippen molar-refractivity contribution < 1.29 is 14.6 Å². The van der Waals surface area contributed by atoms with Crippen LogP contribution in [-0.2, 0) is 9.53 Å². The van der Waals surface area contributed by atoms with Crippen LogP contribution in [0.2, 0.25) is 0 Å². The summed E-state index contributed by atoms with van der Waals surface area (Å²) in [7, 11) is 0. The van der Waals surface area contributed by atoms with Crippen molar-refractivity contribution in [3.8, 4) is 5.75 Å². The van der Waals surface area contributed by atoms with Crippen LogP contribution in [0.15, 0.2) is 40.7 Å². The lowest BCUT2D eigenvalue weighted by atomic mass is 10.2. The Labute approximate surface area is 113 Å². The Morgan fingerprint density at radius 1 is 1.32 bits per heavy atom. The molecular weight excluding hydrogens is 264 g/mol. The highest BCUT2D eigenvalue weighted by molar-refractivity contribution is 7.14. The topological polar surface area (TPSA) is 70.9 Å². The number of carbonyl (C=O) groups is 1. The van der Waals surface area contributed by atoms with Gasteiger partial charge in [-0.05, 0) is 35.7 Å². The molecule has 1 atom stereocenters. The van der Waals surface area contributed by atoms with E-state index >= 15 is 0 Å². The smallest absolute Gasteiger partial charge is 0.296 e. The van der Waals surface area contributed by atoms with Crippen LogP contribution in [0.4, 0.5) is 10.7 Å². The summed E-state index contributed by atoms with van der Waals surface area (Å²) in [6.07, 6.45) is 0.122. The van der Waals surface area contributed by atoms with Crippen molar-refractivity contribution in [2.24, 2.45) is 4.99 Å². The van der Waals surface area contributed by atoms with Gasteiger partial charge in [-0.25, -0.2) is 0 Å². The van der Waals surface area contributed by atoms with Gasteiger partial charge in [0.25, 0.3) is 6.02 Å². The monoisotopic (exact) mass is 274 g/mol. The number of aromatic hydroxyl groups is 1. The van der Waals surface area contributed by atoms with Gasteiger partial charge < -0.3 is 15.2 Å². The van der Waals surface area contributed by atoms with Crippen LogP contribution in [0.25, 0.3) is 0 Å². The van der Waals surface area contributed by atoms with Gasteiger partial charge in [-0.1, -0.05) is 0 Å². The number of phenolic OH excluding ortho intramolecular Hbond substituents is 1. The van der Waals surface area contributed by atoms with Crippen LogP contribution in [0, 0.1) is 0 Å². The fraction of sp³-hybridized carbons (Fsp3) is 0.0769. The van der Waals surface area contributed by atoms with Crippen molar-refractivity contribution in [3.05, 3.63) is 41.3 Å². The summed E-state index contributed by atoms with van der Waals surface area (Å²) >= 11 is 1.45. The summed E-state index contributed by atoms with van der Waals surface area (Å²) in [6, 6.07) is 8.61. The standard InChI is InChI=1S/C13H10N2O3S/c16-7-11-10-5-6-19-12(10)15-13(18-11)14-8-1-3-9(17)4-2-8/h1-7,11,17H,(H,14,15). The number of nitrogens with one attached hydrogen (secondary N) is 1. The van der Waals surface area contributed by atoms with Crippen molar-refractivity contribution in [1.29, 1.82) is 0 Å². The molecule has 1 aliphatic heterocycles. The van der Waals surface area contributed by atoms with Crippen molar-refractivity contribution in [3.63, 3.8) is 0 Å². The zero-order valence-electron chi connectivity index (χ0n) is 9.74. The predicted molar refractivity (Wildman–Crippen MR) is 73.0 cm³/mol. The molecule has 0 aliphatic carbocycles. The van der Waals surface area contributed by atoms with E-state index in [1.165, 1.54) is 11.3 Å². The number of nitrogens with zero attached hydrogens (tertiary/aromatic N) is 1. The molecular formula is C13H10N2O3S. The lowest BCUT2D eigenvalue weighted by Crippen LogP contribution is -2.22. The molecule has 5 nitrogen and oxygen atoms in total.